The average Bonchev–Trinajstić information content (AvgIpc) is 2.91. The molecule has 0 radical (unpaired) electrons. The van der Waals surface area contributed by atoms with Gasteiger partial charge in [-0.15, -0.1) is 0 Å². The fraction of sp³-hybridized carbons (Fsp3) is 0.471. The first-order valence-corrected chi connectivity index (χ1v) is 7.65. The number of para-hydroxylation sites is 1. The van der Waals surface area contributed by atoms with Gasteiger partial charge in [0, 0.05) is 5.39 Å². The summed E-state index contributed by atoms with van der Waals surface area (Å²) in [6.07, 6.45) is 0. The Labute approximate surface area is 130 Å². The van der Waals surface area contributed by atoms with Crippen LogP contribution in [0, 0.1) is 5.92 Å². The number of furan rings is 1. The van der Waals surface area contributed by atoms with Gasteiger partial charge in [-0.1, -0.05) is 26.0 Å². The predicted molar refractivity (Wildman–Crippen MR) is 86.8 cm³/mol. The Morgan fingerprint density at radius 1 is 1.36 bits per heavy atom. The lowest BCUT2D eigenvalue weighted by Crippen LogP contribution is -2.44. The number of fused-ring (bicyclic) bond motifs is 1. The smallest absolute Gasteiger partial charge is 0.237 e. The van der Waals surface area contributed by atoms with Gasteiger partial charge in [0.2, 0.25) is 5.91 Å². The largest absolute Gasteiger partial charge is 0.490 e. The third kappa shape index (κ3) is 3.42. The van der Waals surface area contributed by atoms with E-state index in [0.29, 0.717) is 23.7 Å². The number of nitrogens with two attached hydrogens (primary N) is 1. The van der Waals surface area contributed by atoms with Crippen molar-refractivity contribution in [1.82, 2.24) is 5.32 Å². The molecule has 5 nitrogen and oxygen atoms in total. The van der Waals surface area contributed by atoms with Crippen molar-refractivity contribution >= 4 is 16.9 Å². The van der Waals surface area contributed by atoms with E-state index in [1.165, 1.54) is 0 Å². The molecule has 2 atom stereocenters. The average molecular weight is 304 g/mol. The van der Waals surface area contributed by atoms with Crippen LogP contribution in [0.3, 0.4) is 0 Å². The lowest BCUT2D eigenvalue weighted by Gasteiger charge is -2.18. The monoisotopic (exact) mass is 304 g/mol. The van der Waals surface area contributed by atoms with E-state index in [4.69, 9.17) is 14.9 Å². The van der Waals surface area contributed by atoms with E-state index >= 15 is 0 Å². The van der Waals surface area contributed by atoms with Gasteiger partial charge in [0.15, 0.2) is 11.3 Å². The van der Waals surface area contributed by atoms with Crippen molar-refractivity contribution in [3.63, 3.8) is 0 Å². The van der Waals surface area contributed by atoms with Crippen molar-refractivity contribution in [3.8, 4) is 5.75 Å². The molecule has 22 heavy (non-hydrogen) atoms. The van der Waals surface area contributed by atoms with Gasteiger partial charge < -0.3 is 20.2 Å². The highest BCUT2D eigenvalue weighted by Crippen LogP contribution is 2.31. The van der Waals surface area contributed by atoms with E-state index in [2.05, 4.69) is 5.32 Å². The molecule has 0 aliphatic carbocycles. The first kappa shape index (κ1) is 16.4. The summed E-state index contributed by atoms with van der Waals surface area (Å²) < 4.78 is 11.4. The zero-order valence-electron chi connectivity index (χ0n) is 13.6. The topological polar surface area (TPSA) is 77.5 Å². The van der Waals surface area contributed by atoms with Gasteiger partial charge in [-0.25, -0.2) is 0 Å². The summed E-state index contributed by atoms with van der Waals surface area (Å²) in [6, 6.07) is 6.90. The van der Waals surface area contributed by atoms with Crippen molar-refractivity contribution in [2.75, 3.05) is 6.61 Å². The van der Waals surface area contributed by atoms with Gasteiger partial charge >= 0.3 is 0 Å². The molecule has 2 rings (SSSR count). The number of rotatable bonds is 6. The number of ether oxygens (including phenoxy) is 1. The van der Waals surface area contributed by atoms with E-state index in [1.807, 2.05) is 52.0 Å². The normalized spacial score (nSPS) is 14.1. The summed E-state index contributed by atoms with van der Waals surface area (Å²) >= 11 is 0. The standard InChI is InChI=1S/C17H24N2O3/c1-5-21-13-8-6-7-12-9-14(22-16(12)13)11(4)19-17(20)15(18)10(2)3/h6-11,15H,5,18H2,1-4H3,(H,19,20)/t11?,15-/m0/s1. The van der Waals surface area contributed by atoms with Crippen molar-refractivity contribution in [2.24, 2.45) is 11.7 Å². The fourth-order valence-electron chi connectivity index (χ4n) is 2.22. The molecule has 1 aromatic carbocycles. The molecule has 0 aliphatic rings. The molecule has 0 fully saturated rings. The van der Waals surface area contributed by atoms with Crippen LogP contribution in [0.1, 0.15) is 39.5 Å². The van der Waals surface area contributed by atoms with Crippen LogP contribution in [0.15, 0.2) is 28.7 Å². The summed E-state index contributed by atoms with van der Waals surface area (Å²) in [5, 5.41) is 3.85. The zero-order valence-corrected chi connectivity index (χ0v) is 13.6. The Morgan fingerprint density at radius 3 is 2.73 bits per heavy atom. The number of benzene rings is 1. The molecule has 120 valence electrons. The second-order valence-corrected chi connectivity index (χ2v) is 5.76. The molecule has 1 unspecified atom stereocenters. The lowest BCUT2D eigenvalue weighted by molar-refractivity contribution is -0.124. The van der Waals surface area contributed by atoms with Gasteiger partial charge in [0.1, 0.15) is 5.76 Å². The number of amides is 1. The number of carbonyl (C=O) groups excluding carboxylic acids is 1. The second-order valence-electron chi connectivity index (χ2n) is 5.76. The highest BCUT2D eigenvalue weighted by Gasteiger charge is 2.21. The lowest BCUT2D eigenvalue weighted by atomic mass is 10.0. The van der Waals surface area contributed by atoms with E-state index < -0.39 is 6.04 Å². The van der Waals surface area contributed by atoms with Crippen LogP contribution in [0.25, 0.3) is 11.0 Å². The molecule has 0 aliphatic heterocycles. The molecule has 0 saturated carbocycles. The van der Waals surface area contributed by atoms with Crippen LogP contribution in [-0.4, -0.2) is 18.6 Å². The van der Waals surface area contributed by atoms with Crippen LogP contribution in [0.5, 0.6) is 5.75 Å². The molecule has 3 N–H and O–H groups in total. The minimum atomic E-state index is -0.522. The fourth-order valence-corrected chi connectivity index (χ4v) is 2.22. The Hall–Kier alpha value is -2.01. The van der Waals surface area contributed by atoms with E-state index in [0.717, 1.165) is 5.39 Å². The van der Waals surface area contributed by atoms with E-state index in [1.54, 1.807) is 0 Å². The molecule has 1 aromatic heterocycles. The molecule has 1 amide bonds. The number of carbonyl (C=O) groups is 1. The maximum Gasteiger partial charge on any atom is 0.237 e. The number of hydrogen-bond acceptors (Lipinski definition) is 4. The minimum absolute atomic E-state index is 0.0902. The van der Waals surface area contributed by atoms with Crippen LogP contribution >= 0.6 is 0 Å². The summed E-state index contributed by atoms with van der Waals surface area (Å²) in [7, 11) is 0. The molecular formula is C17H24N2O3. The quantitative estimate of drug-likeness (QED) is 0.860. The Morgan fingerprint density at radius 2 is 2.09 bits per heavy atom. The van der Waals surface area contributed by atoms with Gasteiger partial charge in [0.05, 0.1) is 18.7 Å². The zero-order chi connectivity index (χ0) is 16.3. The SMILES string of the molecule is CCOc1cccc2cc(C(C)NC(=O)[C@@H](N)C(C)C)oc12. The van der Waals surface area contributed by atoms with Crippen molar-refractivity contribution in [3.05, 3.63) is 30.0 Å². The summed E-state index contributed by atoms with van der Waals surface area (Å²) in [5.74, 6) is 1.32. The third-order valence-corrected chi connectivity index (χ3v) is 3.63. The van der Waals surface area contributed by atoms with E-state index in [-0.39, 0.29) is 17.9 Å². The van der Waals surface area contributed by atoms with Gasteiger partial charge in [0.25, 0.3) is 0 Å². The second kappa shape index (κ2) is 6.83. The van der Waals surface area contributed by atoms with Crippen LogP contribution < -0.4 is 15.8 Å². The Kier molecular flexibility index (Phi) is 5.08. The van der Waals surface area contributed by atoms with Gasteiger partial charge in [-0.05, 0) is 31.9 Å². The maximum absolute atomic E-state index is 12.1. The minimum Gasteiger partial charge on any atom is -0.490 e. The molecule has 5 heteroatoms. The molecular weight excluding hydrogens is 280 g/mol. The molecule has 1 heterocycles. The third-order valence-electron chi connectivity index (χ3n) is 3.63. The summed E-state index contributed by atoms with van der Waals surface area (Å²) in [6.45, 7) is 8.22. The van der Waals surface area contributed by atoms with E-state index in [9.17, 15) is 4.79 Å². The maximum atomic E-state index is 12.1. The summed E-state index contributed by atoms with van der Waals surface area (Å²) in [4.78, 5) is 12.1. The Balaban J connectivity index is 2.20. The molecule has 0 saturated heterocycles. The Bertz CT molecular complexity index is 648. The van der Waals surface area contributed by atoms with Crippen molar-refractivity contribution < 1.29 is 13.9 Å². The number of nitrogens with one attached hydrogen (secondary N) is 1. The molecule has 0 spiro atoms. The molecule has 0 bridgehead atoms. The first-order valence-electron chi connectivity index (χ1n) is 7.65. The van der Waals surface area contributed by atoms with Crippen LogP contribution in [-0.2, 0) is 4.79 Å². The molecule has 2 aromatic rings. The van der Waals surface area contributed by atoms with Crippen LogP contribution in [0.2, 0.25) is 0 Å². The van der Waals surface area contributed by atoms with Crippen molar-refractivity contribution in [2.45, 2.75) is 39.8 Å². The van der Waals surface area contributed by atoms with Crippen molar-refractivity contribution in [1.29, 1.82) is 0 Å². The van der Waals surface area contributed by atoms with Gasteiger partial charge in [-0.3, -0.25) is 4.79 Å². The summed E-state index contributed by atoms with van der Waals surface area (Å²) in [5.41, 5.74) is 6.56. The number of hydrogen-bond donors (Lipinski definition) is 2. The highest BCUT2D eigenvalue weighted by molar-refractivity contribution is 5.85. The van der Waals surface area contributed by atoms with Crippen LogP contribution in [0.4, 0.5) is 0 Å². The highest BCUT2D eigenvalue weighted by atomic mass is 16.5. The predicted octanol–water partition coefficient (Wildman–Crippen LogP) is 2.99. The first-order chi connectivity index (χ1) is 10.4. The van der Waals surface area contributed by atoms with Gasteiger partial charge in [-0.2, -0.15) is 0 Å².